The summed E-state index contributed by atoms with van der Waals surface area (Å²) in [5, 5.41) is 20.2. The molecule has 0 saturated carbocycles. The normalized spacial score (nSPS) is 17.0. The zero-order chi connectivity index (χ0) is 19.3. The largest absolute Gasteiger partial charge is 0.508 e. The highest BCUT2D eigenvalue weighted by Crippen LogP contribution is 2.39. The van der Waals surface area contributed by atoms with E-state index < -0.39 is 5.41 Å². The van der Waals surface area contributed by atoms with E-state index in [1.165, 1.54) is 24.3 Å². The van der Waals surface area contributed by atoms with Crippen molar-refractivity contribution in [2.24, 2.45) is 0 Å². The summed E-state index contributed by atoms with van der Waals surface area (Å²) in [6, 6.07) is 12.9. The van der Waals surface area contributed by atoms with E-state index in [-0.39, 0.29) is 24.0 Å². The van der Waals surface area contributed by atoms with Gasteiger partial charge in [-0.25, -0.2) is 4.39 Å². The minimum atomic E-state index is -0.397. The van der Waals surface area contributed by atoms with Crippen LogP contribution in [0.15, 0.2) is 48.5 Å². The van der Waals surface area contributed by atoms with Crippen LogP contribution in [-0.4, -0.2) is 47.1 Å². The summed E-state index contributed by atoms with van der Waals surface area (Å²) in [4.78, 5) is 14.5. The average molecular weight is 371 g/mol. The van der Waals surface area contributed by atoms with Crippen molar-refractivity contribution in [2.75, 3.05) is 26.2 Å². The number of carbonyl (C=O) groups excluding carboxylic acids is 1. The Morgan fingerprint density at radius 3 is 2.37 bits per heavy atom. The number of benzene rings is 2. The van der Waals surface area contributed by atoms with E-state index in [9.17, 15) is 19.4 Å². The number of ketones is 1. The maximum absolute atomic E-state index is 12.9. The fourth-order valence-electron chi connectivity index (χ4n) is 3.88. The lowest BCUT2D eigenvalue weighted by atomic mass is 9.73. The van der Waals surface area contributed by atoms with Gasteiger partial charge in [0, 0.05) is 23.0 Å². The van der Waals surface area contributed by atoms with Crippen molar-refractivity contribution in [3.8, 4) is 5.75 Å². The first-order valence-electron chi connectivity index (χ1n) is 9.44. The molecule has 1 aliphatic heterocycles. The maximum Gasteiger partial charge on any atom is 0.162 e. The summed E-state index contributed by atoms with van der Waals surface area (Å²) in [5.74, 6) is -0.0625. The van der Waals surface area contributed by atoms with Gasteiger partial charge in [0.25, 0.3) is 0 Å². The molecule has 0 amide bonds. The summed E-state index contributed by atoms with van der Waals surface area (Å²) in [5.41, 5.74) is 0.971. The van der Waals surface area contributed by atoms with Crippen molar-refractivity contribution in [3.05, 3.63) is 65.5 Å². The molecule has 1 aliphatic rings. The van der Waals surface area contributed by atoms with Crippen molar-refractivity contribution in [3.63, 3.8) is 0 Å². The fraction of sp³-hybridized carbons (Fsp3) is 0.409. The molecule has 1 fully saturated rings. The fourth-order valence-corrected chi connectivity index (χ4v) is 3.88. The maximum atomic E-state index is 12.9. The van der Waals surface area contributed by atoms with Gasteiger partial charge in [-0.05, 0) is 69.2 Å². The molecule has 0 aliphatic carbocycles. The number of aliphatic hydroxyl groups excluding tert-OH is 1. The minimum Gasteiger partial charge on any atom is -0.508 e. The Bertz CT molecular complexity index is 767. The van der Waals surface area contributed by atoms with Gasteiger partial charge in [0.1, 0.15) is 11.6 Å². The number of piperidine rings is 1. The van der Waals surface area contributed by atoms with Gasteiger partial charge >= 0.3 is 0 Å². The minimum absolute atomic E-state index is 0.0153. The van der Waals surface area contributed by atoms with Gasteiger partial charge in [0.2, 0.25) is 0 Å². The van der Waals surface area contributed by atoms with E-state index in [1.807, 2.05) is 12.1 Å². The van der Waals surface area contributed by atoms with Gasteiger partial charge in [-0.15, -0.1) is 0 Å². The molecular formula is C22H26FNO3. The highest BCUT2D eigenvalue weighted by molar-refractivity contribution is 5.95. The third-order valence-electron chi connectivity index (χ3n) is 5.64. The topological polar surface area (TPSA) is 60.8 Å². The summed E-state index contributed by atoms with van der Waals surface area (Å²) in [6.45, 7) is 2.47. The van der Waals surface area contributed by atoms with E-state index in [1.54, 1.807) is 12.1 Å². The second-order valence-electron chi connectivity index (χ2n) is 7.33. The molecule has 1 heterocycles. The second-order valence-corrected chi connectivity index (χ2v) is 7.33. The van der Waals surface area contributed by atoms with Crippen LogP contribution < -0.4 is 0 Å². The number of phenolic OH excluding ortho intramolecular Hbond substituents is 1. The van der Waals surface area contributed by atoms with E-state index >= 15 is 0 Å². The lowest BCUT2D eigenvalue weighted by Crippen LogP contribution is -2.45. The van der Waals surface area contributed by atoms with Crippen LogP contribution in [0.5, 0.6) is 5.75 Å². The molecule has 0 radical (unpaired) electrons. The van der Waals surface area contributed by atoms with Crippen molar-refractivity contribution in [2.45, 2.75) is 31.1 Å². The number of halogens is 1. The molecule has 4 nitrogen and oxygen atoms in total. The molecule has 0 bridgehead atoms. The Balaban J connectivity index is 1.50. The number of para-hydroxylation sites is 1. The molecule has 3 rings (SSSR count). The van der Waals surface area contributed by atoms with E-state index in [2.05, 4.69) is 4.90 Å². The van der Waals surface area contributed by atoms with Gasteiger partial charge in [0.15, 0.2) is 5.78 Å². The molecule has 27 heavy (non-hydrogen) atoms. The lowest BCUT2D eigenvalue weighted by Gasteiger charge is -2.41. The Kier molecular flexibility index (Phi) is 6.24. The van der Waals surface area contributed by atoms with E-state index in [4.69, 9.17) is 0 Å². The Morgan fingerprint density at radius 2 is 1.74 bits per heavy atom. The van der Waals surface area contributed by atoms with Gasteiger partial charge < -0.3 is 15.1 Å². The van der Waals surface area contributed by atoms with Crippen molar-refractivity contribution in [1.29, 1.82) is 0 Å². The number of phenols is 1. The predicted molar refractivity (Wildman–Crippen MR) is 103 cm³/mol. The third kappa shape index (κ3) is 4.54. The standard InChI is InChI=1S/C22H26FNO3/c23-18-9-7-17(8-10-18)20(26)6-3-13-24-14-11-22(16-25,12-15-24)19-4-1-2-5-21(19)27/h1-2,4-5,7-10,25,27H,3,6,11-16H2. The number of hydrogen-bond donors (Lipinski definition) is 2. The molecule has 0 spiro atoms. The van der Waals surface area contributed by atoms with Crippen LogP contribution in [-0.2, 0) is 5.41 Å². The van der Waals surface area contributed by atoms with Gasteiger partial charge in [-0.1, -0.05) is 18.2 Å². The Morgan fingerprint density at radius 1 is 1.07 bits per heavy atom. The van der Waals surface area contributed by atoms with E-state index in [0.29, 0.717) is 12.0 Å². The van der Waals surface area contributed by atoms with Gasteiger partial charge in [0.05, 0.1) is 6.61 Å². The van der Waals surface area contributed by atoms with Crippen molar-refractivity contribution in [1.82, 2.24) is 4.90 Å². The summed E-state index contributed by atoms with van der Waals surface area (Å²) in [7, 11) is 0. The average Bonchev–Trinajstić information content (AvgIpc) is 2.69. The van der Waals surface area contributed by atoms with Crippen LogP contribution >= 0.6 is 0 Å². The SMILES string of the molecule is O=C(CCCN1CCC(CO)(c2ccccc2O)CC1)c1ccc(F)cc1. The molecule has 2 N–H and O–H groups in total. The Labute approximate surface area is 159 Å². The van der Waals surface area contributed by atoms with Crippen LogP contribution in [0, 0.1) is 5.82 Å². The number of aromatic hydroxyl groups is 1. The van der Waals surface area contributed by atoms with Crippen LogP contribution in [0.1, 0.15) is 41.6 Å². The zero-order valence-electron chi connectivity index (χ0n) is 15.4. The number of rotatable bonds is 7. The highest BCUT2D eigenvalue weighted by atomic mass is 19.1. The number of nitrogens with zero attached hydrogens (tertiary/aromatic N) is 1. The highest BCUT2D eigenvalue weighted by Gasteiger charge is 2.37. The van der Waals surface area contributed by atoms with E-state index in [0.717, 1.165) is 44.5 Å². The number of carbonyl (C=O) groups is 1. The molecule has 2 aromatic rings. The van der Waals surface area contributed by atoms with Crippen LogP contribution in [0.4, 0.5) is 4.39 Å². The molecule has 144 valence electrons. The number of Topliss-reactive ketones (excluding diaryl/α,β-unsaturated/α-hetero) is 1. The zero-order valence-corrected chi connectivity index (χ0v) is 15.4. The van der Waals surface area contributed by atoms with Crippen LogP contribution in [0.3, 0.4) is 0 Å². The number of likely N-dealkylation sites (tertiary alicyclic amines) is 1. The van der Waals surface area contributed by atoms with Crippen LogP contribution in [0.2, 0.25) is 0 Å². The monoisotopic (exact) mass is 371 g/mol. The molecular weight excluding hydrogens is 345 g/mol. The summed E-state index contributed by atoms with van der Waals surface area (Å²) >= 11 is 0. The first-order valence-corrected chi connectivity index (χ1v) is 9.44. The number of hydrogen-bond acceptors (Lipinski definition) is 4. The molecule has 0 atom stereocenters. The molecule has 2 aromatic carbocycles. The quantitative estimate of drug-likeness (QED) is 0.731. The van der Waals surface area contributed by atoms with Gasteiger partial charge in [-0.2, -0.15) is 0 Å². The first kappa shape index (κ1) is 19.5. The lowest BCUT2D eigenvalue weighted by molar-refractivity contribution is 0.0919. The second kappa shape index (κ2) is 8.63. The Hall–Kier alpha value is -2.24. The third-order valence-corrected chi connectivity index (χ3v) is 5.64. The summed E-state index contributed by atoms with van der Waals surface area (Å²) < 4.78 is 12.9. The molecule has 0 unspecified atom stereocenters. The van der Waals surface area contributed by atoms with Crippen molar-refractivity contribution < 1.29 is 19.4 Å². The molecule has 5 heteroatoms. The summed E-state index contributed by atoms with van der Waals surface area (Å²) in [6.07, 6.45) is 2.73. The smallest absolute Gasteiger partial charge is 0.162 e. The van der Waals surface area contributed by atoms with Crippen molar-refractivity contribution >= 4 is 5.78 Å². The van der Waals surface area contributed by atoms with Crippen LogP contribution in [0.25, 0.3) is 0 Å². The van der Waals surface area contributed by atoms with Gasteiger partial charge in [-0.3, -0.25) is 4.79 Å². The molecule has 1 saturated heterocycles. The first-order chi connectivity index (χ1) is 13.0. The number of aliphatic hydroxyl groups is 1. The molecule has 0 aromatic heterocycles. The predicted octanol–water partition coefficient (Wildman–Crippen LogP) is 3.52.